The molecule has 0 bridgehead atoms. The van der Waals surface area contributed by atoms with Crippen LogP contribution in [0.5, 0.6) is 0 Å². The highest BCUT2D eigenvalue weighted by Crippen LogP contribution is 2.92. The fourth-order valence-electron chi connectivity index (χ4n) is 3.31. The zero-order valence-electron chi connectivity index (χ0n) is 7.75. The van der Waals surface area contributed by atoms with Gasteiger partial charge in [-0.15, -0.1) is 0 Å². The Labute approximate surface area is 78.6 Å². The van der Waals surface area contributed by atoms with Crippen molar-refractivity contribution in [2.45, 2.75) is 25.7 Å². The maximum atomic E-state index is 10.8. The van der Waals surface area contributed by atoms with Gasteiger partial charge in [-0.1, -0.05) is 0 Å². The molecule has 0 heterocycles. The molecule has 3 aliphatic carbocycles. The van der Waals surface area contributed by atoms with E-state index in [0.717, 1.165) is 6.26 Å². The molecule has 3 rings (SSSR count). The Hall–Kier alpha value is -0.0900. The average Bonchev–Trinajstić information content (AvgIpc) is 2.78. The molecule has 0 amide bonds. The van der Waals surface area contributed by atoms with E-state index in [4.69, 9.17) is 4.18 Å². The minimum Gasteiger partial charge on any atom is -0.270 e. The number of hydrogen-bond donors (Lipinski definition) is 0. The van der Waals surface area contributed by atoms with Gasteiger partial charge in [-0.3, -0.25) is 4.18 Å². The van der Waals surface area contributed by atoms with Gasteiger partial charge in [0.1, 0.15) is 0 Å². The van der Waals surface area contributed by atoms with Gasteiger partial charge >= 0.3 is 0 Å². The summed E-state index contributed by atoms with van der Waals surface area (Å²) in [6.07, 6.45) is 6.37. The Morgan fingerprint density at radius 2 is 1.69 bits per heavy atom. The Kier molecular flexibility index (Phi) is 1.24. The van der Waals surface area contributed by atoms with Crippen molar-refractivity contribution in [3.8, 4) is 0 Å². The third-order valence-electron chi connectivity index (χ3n) is 4.27. The van der Waals surface area contributed by atoms with E-state index in [1.807, 2.05) is 0 Å². The van der Waals surface area contributed by atoms with Crippen molar-refractivity contribution in [2.75, 3.05) is 12.9 Å². The van der Waals surface area contributed by atoms with Crippen LogP contribution in [-0.2, 0) is 14.3 Å². The summed E-state index contributed by atoms with van der Waals surface area (Å²) in [7, 11) is -3.22. The second kappa shape index (κ2) is 1.96. The smallest absolute Gasteiger partial charge is 0.264 e. The molecule has 13 heavy (non-hydrogen) atoms. The Morgan fingerprint density at radius 3 is 2.00 bits per heavy atom. The summed E-state index contributed by atoms with van der Waals surface area (Å²) in [5.41, 5.74) is 1.11. The molecule has 0 aromatic rings. The van der Waals surface area contributed by atoms with Gasteiger partial charge in [0.05, 0.1) is 12.9 Å². The van der Waals surface area contributed by atoms with Crippen LogP contribution in [-0.4, -0.2) is 21.3 Å². The molecule has 74 valence electrons. The van der Waals surface area contributed by atoms with Gasteiger partial charge in [-0.05, 0) is 42.4 Å². The van der Waals surface area contributed by atoms with Crippen LogP contribution in [0.15, 0.2) is 0 Å². The maximum absolute atomic E-state index is 10.8. The van der Waals surface area contributed by atoms with E-state index >= 15 is 0 Å². The van der Waals surface area contributed by atoms with Gasteiger partial charge in [-0.25, -0.2) is 0 Å². The molecule has 0 N–H and O–H groups in total. The van der Waals surface area contributed by atoms with E-state index in [-0.39, 0.29) is 0 Å². The minimum absolute atomic E-state index is 0.443. The third kappa shape index (κ3) is 0.960. The zero-order chi connectivity index (χ0) is 9.32. The number of hydrogen-bond acceptors (Lipinski definition) is 3. The summed E-state index contributed by atoms with van der Waals surface area (Å²) >= 11 is 0. The monoisotopic (exact) mass is 202 g/mol. The first-order valence-electron chi connectivity index (χ1n) is 4.85. The van der Waals surface area contributed by atoms with Crippen molar-refractivity contribution in [1.82, 2.24) is 0 Å². The van der Waals surface area contributed by atoms with Crippen LogP contribution in [0.4, 0.5) is 0 Å². The Balaban J connectivity index is 1.65. The molecule has 0 saturated heterocycles. The van der Waals surface area contributed by atoms with E-state index in [1.165, 1.54) is 25.7 Å². The normalized spacial score (nSPS) is 36.5. The summed E-state index contributed by atoms with van der Waals surface area (Å²) in [6.45, 7) is 0.443. The van der Waals surface area contributed by atoms with E-state index in [9.17, 15) is 8.42 Å². The second-order valence-corrected chi connectivity index (χ2v) is 6.50. The van der Waals surface area contributed by atoms with Gasteiger partial charge in [-0.2, -0.15) is 8.42 Å². The molecule has 0 aliphatic heterocycles. The molecule has 4 heteroatoms. The summed E-state index contributed by atoms with van der Waals surface area (Å²) in [6, 6.07) is 0. The lowest BCUT2D eigenvalue weighted by molar-refractivity contribution is 0.290. The van der Waals surface area contributed by atoms with Crippen LogP contribution in [0.3, 0.4) is 0 Å². The number of fused-ring (bicyclic) bond motifs is 1. The topological polar surface area (TPSA) is 43.4 Å². The fourth-order valence-corrected chi connectivity index (χ4v) is 3.70. The largest absolute Gasteiger partial charge is 0.270 e. The molecule has 3 aliphatic rings. The fraction of sp³-hybridized carbons (Fsp3) is 1.00. The summed E-state index contributed by atoms with van der Waals surface area (Å²) < 4.78 is 26.5. The quantitative estimate of drug-likeness (QED) is 0.645. The van der Waals surface area contributed by atoms with Crippen LogP contribution in [0.2, 0.25) is 0 Å². The van der Waals surface area contributed by atoms with Crippen LogP contribution >= 0.6 is 0 Å². The first-order valence-corrected chi connectivity index (χ1v) is 6.66. The van der Waals surface area contributed by atoms with E-state index in [1.54, 1.807) is 0 Å². The van der Waals surface area contributed by atoms with Crippen LogP contribution in [0, 0.1) is 16.7 Å². The van der Waals surface area contributed by atoms with Crippen LogP contribution in [0.25, 0.3) is 0 Å². The van der Waals surface area contributed by atoms with Gasteiger partial charge in [0.15, 0.2) is 0 Å². The molecule has 3 fully saturated rings. The van der Waals surface area contributed by atoms with Gasteiger partial charge in [0.25, 0.3) is 10.1 Å². The molecule has 0 aromatic heterocycles. The lowest BCUT2D eigenvalue weighted by atomic mass is 10.3. The van der Waals surface area contributed by atoms with E-state index in [2.05, 4.69) is 0 Å². The second-order valence-electron chi connectivity index (χ2n) is 4.85. The van der Waals surface area contributed by atoms with Crippen molar-refractivity contribution in [3.63, 3.8) is 0 Å². The summed E-state index contributed by atoms with van der Waals surface area (Å²) in [5, 5.41) is 0. The standard InChI is InChI=1S/C9H14O3S/c1-13(10,11)12-6-7-8(2-3-8)9(7)4-5-9/h7H,2-6H2,1H3. The molecule has 3 nitrogen and oxygen atoms in total. The summed E-state index contributed by atoms with van der Waals surface area (Å²) in [4.78, 5) is 0. The van der Waals surface area contributed by atoms with Crippen molar-refractivity contribution < 1.29 is 12.6 Å². The van der Waals surface area contributed by atoms with Crippen molar-refractivity contribution in [2.24, 2.45) is 16.7 Å². The predicted octanol–water partition coefficient (Wildman–Crippen LogP) is 1.15. The van der Waals surface area contributed by atoms with Crippen molar-refractivity contribution in [3.05, 3.63) is 0 Å². The molecule has 0 atom stereocenters. The van der Waals surface area contributed by atoms with Crippen LogP contribution in [0.1, 0.15) is 25.7 Å². The highest BCUT2D eigenvalue weighted by atomic mass is 32.2. The maximum Gasteiger partial charge on any atom is 0.264 e. The van der Waals surface area contributed by atoms with E-state index in [0.29, 0.717) is 23.4 Å². The predicted molar refractivity (Wildman–Crippen MR) is 47.6 cm³/mol. The molecular formula is C9H14O3S. The van der Waals surface area contributed by atoms with Gasteiger partial charge < -0.3 is 0 Å². The first kappa shape index (κ1) is 8.24. The molecule has 3 saturated carbocycles. The van der Waals surface area contributed by atoms with Gasteiger partial charge in [0.2, 0.25) is 0 Å². The SMILES string of the molecule is CS(=O)(=O)OCC1C2(CC2)C12CC2. The Morgan fingerprint density at radius 1 is 1.23 bits per heavy atom. The molecule has 2 spiro atoms. The summed E-state index contributed by atoms with van der Waals surface area (Å²) in [5.74, 6) is 0.565. The number of rotatable bonds is 3. The minimum atomic E-state index is -3.22. The average molecular weight is 202 g/mol. The molecular weight excluding hydrogens is 188 g/mol. The van der Waals surface area contributed by atoms with Gasteiger partial charge in [0, 0.05) is 0 Å². The lowest BCUT2D eigenvalue weighted by Gasteiger charge is -1.98. The van der Waals surface area contributed by atoms with E-state index < -0.39 is 10.1 Å². The van der Waals surface area contributed by atoms with Crippen molar-refractivity contribution in [1.29, 1.82) is 0 Å². The van der Waals surface area contributed by atoms with Crippen molar-refractivity contribution >= 4 is 10.1 Å². The molecule has 0 unspecified atom stereocenters. The zero-order valence-corrected chi connectivity index (χ0v) is 8.56. The Bertz CT molecular complexity index is 331. The lowest BCUT2D eigenvalue weighted by Crippen LogP contribution is -2.06. The third-order valence-corrected chi connectivity index (χ3v) is 4.83. The highest BCUT2D eigenvalue weighted by Gasteiger charge is 2.86. The van der Waals surface area contributed by atoms with Crippen LogP contribution < -0.4 is 0 Å². The molecule has 0 radical (unpaired) electrons. The molecule has 0 aromatic carbocycles. The first-order chi connectivity index (χ1) is 6.00. The highest BCUT2D eigenvalue weighted by molar-refractivity contribution is 7.85.